The Hall–Kier alpha value is -4.29. The van der Waals surface area contributed by atoms with E-state index in [0.29, 0.717) is 36.4 Å². The Morgan fingerprint density at radius 3 is 2.52 bits per heavy atom. The molecule has 1 saturated carbocycles. The maximum atomic E-state index is 13.6. The number of ether oxygens (including phenoxy) is 2. The lowest BCUT2D eigenvalue weighted by Crippen LogP contribution is -2.34. The third-order valence-corrected chi connectivity index (χ3v) is 9.16. The molecule has 1 aliphatic heterocycles. The molecule has 3 heterocycles. The normalized spacial score (nSPS) is 15.8. The number of hydrogen-bond acceptors (Lipinski definition) is 8. The van der Waals surface area contributed by atoms with Gasteiger partial charge in [0, 0.05) is 43.0 Å². The van der Waals surface area contributed by atoms with Crippen LogP contribution in [0.5, 0.6) is 5.88 Å². The van der Waals surface area contributed by atoms with Gasteiger partial charge in [0.05, 0.1) is 11.1 Å². The van der Waals surface area contributed by atoms with Crippen LogP contribution in [0.15, 0.2) is 70.7 Å². The second-order valence-electron chi connectivity index (χ2n) is 10.6. The second-order valence-corrected chi connectivity index (χ2v) is 12.5. The molecule has 0 radical (unpaired) electrons. The van der Waals surface area contributed by atoms with Crippen molar-refractivity contribution in [3.63, 3.8) is 0 Å². The van der Waals surface area contributed by atoms with E-state index in [2.05, 4.69) is 20.7 Å². The Morgan fingerprint density at radius 2 is 1.81 bits per heavy atom. The molecular formula is C30H31N5O6S. The van der Waals surface area contributed by atoms with Gasteiger partial charge < -0.3 is 20.1 Å². The minimum Gasteiger partial charge on any atom is -0.391 e. The monoisotopic (exact) mass is 589 g/mol. The predicted molar refractivity (Wildman–Crippen MR) is 153 cm³/mol. The standard InChI is InChI=1S/C30H31N5O6S/c1-19-15-21(7-10-24(19)29(36)33-22-8-9-22)25-18-32-35-27(41-30(37)31-17-20-11-13-40-14-12-20)16-26(34-28(25)35)42(38,39)23-5-3-2-4-6-23/h2-7,10,15-16,18,20,22H,8-9,11-14,17H2,1H3,(H,31,37)(H,33,36). The summed E-state index contributed by atoms with van der Waals surface area (Å²) < 4.78 is 39.5. The summed E-state index contributed by atoms with van der Waals surface area (Å²) >= 11 is 0. The van der Waals surface area contributed by atoms with Crippen molar-refractivity contribution in [3.8, 4) is 17.0 Å². The molecule has 218 valence electrons. The van der Waals surface area contributed by atoms with Crippen LogP contribution in [0.3, 0.4) is 0 Å². The zero-order valence-corrected chi connectivity index (χ0v) is 23.9. The van der Waals surface area contributed by atoms with Gasteiger partial charge in [-0.2, -0.15) is 9.61 Å². The van der Waals surface area contributed by atoms with Crippen molar-refractivity contribution < 1.29 is 27.5 Å². The first-order chi connectivity index (χ1) is 20.3. The van der Waals surface area contributed by atoms with Crippen molar-refractivity contribution in [2.24, 2.45) is 5.92 Å². The Kier molecular flexibility index (Phi) is 7.65. The zero-order valence-electron chi connectivity index (χ0n) is 23.1. The fourth-order valence-electron chi connectivity index (χ4n) is 4.93. The maximum absolute atomic E-state index is 13.6. The quantitative estimate of drug-likeness (QED) is 0.295. The van der Waals surface area contributed by atoms with Crippen LogP contribution in [0.2, 0.25) is 0 Å². The number of hydrogen-bond donors (Lipinski definition) is 2. The molecule has 1 aliphatic carbocycles. The summed E-state index contributed by atoms with van der Waals surface area (Å²) in [7, 11) is -4.06. The summed E-state index contributed by atoms with van der Waals surface area (Å²) in [6, 6.07) is 14.7. The molecule has 12 heteroatoms. The zero-order chi connectivity index (χ0) is 29.3. The van der Waals surface area contributed by atoms with Gasteiger partial charge in [-0.1, -0.05) is 30.3 Å². The SMILES string of the molecule is Cc1cc(-c2cnn3c(OC(=O)NCC4CCOCC4)cc(S(=O)(=O)c4ccccc4)nc23)ccc1C(=O)NC1CC1. The van der Waals surface area contributed by atoms with E-state index in [0.717, 1.165) is 31.2 Å². The first kappa shape index (κ1) is 27.9. The number of fused-ring (bicyclic) bond motifs is 1. The predicted octanol–water partition coefficient (Wildman–Crippen LogP) is 3.94. The Balaban J connectivity index is 1.36. The van der Waals surface area contributed by atoms with E-state index < -0.39 is 15.9 Å². The fourth-order valence-corrected chi connectivity index (χ4v) is 6.15. The van der Waals surface area contributed by atoms with Crippen LogP contribution in [-0.4, -0.2) is 60.8 Å². The molecule has 2 N–H and O–H groups in total. The van der Waals surface area contributed by atoms with Crippen molar-refractivity contribution in [1.82, 2.24) is 25.2 Å². The molecule has 4 aromatic rings. The molecule has 0 unspecified atom stereocenters. The molecular weight excluding hydrogens is 558 g/mol. The molecule has 42 heavy (non-hydrogen) atoms. The Bertz CT molecular complexity index is 1740. The van der Waals surface area contributed by atoms with Crippen molar-refractivity contribution >= 4 is 27.5 Å². The highest BCUT2D eigenvalue weighted by Gasteiger charge is 2.27. The summed E-state index contributed by atoms with van der Waals surface area (Å²) in [6.07, 6.45) is 4.46. The molecule has 0 atom stereocenters. The Morgan fingerprint density at radius 1 is 1.05 bits per heavy atom. The first-order valence-corrected chi connectivity index (χ1v) is 15.4. The average molecular weight is 590 g/mol. The van der Waals surface area contributed by atoms with Crippen LogP contribution in [-0.2, 0) is 14.6 Å². The van der Waals surface area contributed by atoms with Gasteiger partial charge in [-0.15, -0.1) is 0 Å². The lowest BCUT2D eigenvalue weighted by atomic mass is 10.0. The number of sulfone groups is 1. The molecule has 2 aromatic carbocycles. The van der Waals surface area contributed by atoms with E-state index in [-0.39, 0.29) is 39.3 Å². The maximum Gasteiger partial charge on any atom is 0.413 e. The topological polar surface area (TPSA) is 141 Å². The van der Waals surface area contributed by atoms with Gasteiger partial charge in [0.25, 0.3) is 5.91 Å². The molecule has 2 aromatic heterocycles. The van der Waals surface area contributed by atoms with E-state index in [4.69, 9.17) is 9.47 Å². The number of rotatable bonds is 8. The van der Waals surface area contributed by atoms with Crippen LogP contribution in [0.1, 0.15) is 41.6 Å². The number of amides is 2. The highest BCUT2D eigenvalue weighted by Crippen LogP contribution is 2.31. The van der Waals surface area contributed by atoms with Gasteiger partial charge in [0.15, 0.2) is 10.7 Å². The van der Waals surface area contributed by atoms with Crippen LogP contribution < -0.4 is 15.4 Å². The van der Waals surface area contributed by atoms with Crippen LogP contribution in [0.25, 0.3) is 16.8 Å². The molecule has 2 fully saturated rings. The Labute approximate surface area is 243 Å². The third kappa shape index (κ3) is 5.86. The van der Waals surface area contributed by atoms with Crippen LogP contribution in [0.4, 0.5) is 4.79 Å². The number of benzene rings is 2. The van der Waals surface area contributed by atoms with E-state index in [1.807, 2.05) is 13.0 Å². The molecule has 0 spiro atoms. The number of nitrogens with one attached hydrogen (secondary N) is 2. The van der Waals surface area contributed by atoms with E-state index in [1.165, 1.54) is 28.9 Å². The molecule has 11 nitrogen and oxygen atoms in total. The summed E-state index contributed by atoms with van der Waals surface area (Å²) in [5, 5.41) is 9.87. The fraction of sp³-hybridized carbons (Fsp3) is 0.333. The van der Waals surface area contributed by atoms with E-state index >= 15 is 0 Å². The van der Waals surface area contributed by atoms with Gasteiger partial charge >= 0.3 is 6.09 Å². The molecule has 1 saturated heterocycles. The number of nitrogens with zero attached hydrogens (tertiary/aromatic N) is 3. The highest BCUT2D eigenvalue weighted by molar-refractivity contribution is 7.91. The molecule has 0 bridgehead atoms. The minimum atomic E-state index is -4.06. The van der Waals surface area contributed by atoms with Crippen molar-refractivity contribution in [1.29, 1.82) is 0 Å². The lowest BCUT2D eigenvalue weighted by Gasteiger charge is -2.21. The summed E-state index contributed by atoms with van der Waals surface area (Å²) in [5.74, 6) is 0.0484. The molecule has 2 amide bonds. The largest absolute Gasteiger partial charge is 0.413 e. The van der Waals surface area contributed by atoms with E-state index in [1.54, 1.807) is 30.3 Å². The second kappa shape index (κ2) is 11.5. The summed E-state index contributed by atoms with van der Waals surface area (Å²) in [4.78, 5) is 30.0. The van der Waals surface area contributed by atoms with Gasteiger partial charge in [0.2, 0.25) is 15.7 Å². The van der Waals surface area contributed by atoms with Crippen molar-refractivity contribution in [2.45, 2.75) is 48.6 Å². The van der Waals surface area contributed by atoms with Gasteiger partial charge in [-0.3, -0.25) is 4.79 Å². The van der Waals surface area contributed by atoms with Gasteiger partial charge in [-0.05, 0) is 67.9 Å². The smallest absolute Gasteiger partial charge is 0.391 e. The average Bonchev–Trinajstić information content (AvgIpc) is 3.71. The number of aryl methyl sites for hydroxylation is 1. The van der Waals surface area contributed by atoms with Crippen molar-refractivity contribution in [2.75, 3.05) is 19.8 Å². The molecule has 6 rings (SSSR count). The molecule has 2 aliphatic rings. The third-order valence-electron chi connectivity index (χ3n) is 7.51. The van der Waals surface area contributed by atoms with Crippen molar-refractivity contribution in [3.05, 3.63) is 71.9 Å². The number of aromatic nitrogens is 3. The van der Waals surface area contributed by atoms with Gasteiger partial charge in [-0.25, -0.2) is 18.2 Å². The first-order valence-electron chi connectivity index (χ1n) is 13.9. The highest BCUT2D eigenvalue weighted by atomic mass is 32.2. The number of carbonyl (C=O) groups is 2. The summed E-state index contributed by atoms with van der Waals surface area (Å²) in [5.41, 5.74) is 2.70. The van der Waals surface area contributed by atoms with E-state index in [9.17, 15) is 18.0 Å². The van der Waals surface area contributed by atoms with Crippen LogP contribution in [0, 0.1) is 12.8 Å². The van der Waals surface area contributed by atoms with Crippen LogP contribution >= 0.6 is 0 Å². The summed E-state index contributed by atoms with van der Waals surface area (Å²) in [6.45, 7) is 3.55. The number of carbonyl (C=O) groups excluding carboxylic acids is 2. The lowest BCUT2D eigenvalue weighted by molar-refractivity contribution is 0.0662. The van der Waals surface area contributed by atoms with Gasteiger partial charge in [0.1, 0.15) is 0 Å². The minimum absolute atomic E-state index is 0.0553.